The topological polar surface area (TPSA) is 73.1 Å². The first-order valence-electron chi connectivity index (χ1n) is 7.11. The predicted octanol–water partition coefficient (Wildman–Crippen LogP) is 3.42. The Labute approximate surface area is 123 Å². The van der Waals surface area contributed by atoms with Crippen LogP contribution in [0.2, 0.25) is 0 Å². The monoisotopic (exact) mass is 294 g/mol. The lowest BCUT2D eigenvalue weighted by Gasteiger charge is -2.15. The summed E-state index contributed by atoms with van der Waals surface area (Å²) in [5, 5.41) is 0.991. The molecule has 3 N–H and O–H groups in total. The first kappa shape index (κ1) is 15.2. The van der Waals surface area contributed by atoms with Crippen LogP contribution < -0.4 is 11.3 Å². The van der Waals surface area contributed by atoms with Gasteiger partial charge in [0.1, 0.15) is 10.9 Å². The van der Waals surface area contributed by atoms with Crippen molar-refractivity contribution in [2.75, 3.05) is 12.0 Å². The van der Waals surface area contributed by atoms with Crippen molar-refractivity contribution in [2.24, 2.45) is 5.84 Å². The maximum Gasteiger partial charge on any atom is 0.161 e. The molecule has 0 radical (unpaired) electrons. The van der Waals surface area contributed by atoms with Gasteiger partial charge in [-0.25, -0.2) is 15.8 Å². The second-order valence-corrected chi connectivity index (χ2v) is 5.71. The van der Waals surface area contributed by atoms with Crippen molar-refractivity contribution in [1.82, 2.24) is 9.97 Å². The number of aryl methyl sites for hydroxylation is 1. The van der Waals surface area contributed by atoms with Crippen molar-refractivity contribution in [3.8, 4) is 0 Å². The zero-order valence-electron chi connectivity index (χ0n) is 12.3. The summed E-state index contributed by atoms with van der Waals surface area (Å²) in [6.07, 6.45) is 2.87. The van der Waals surface area contributed by atoms with Crippen LogP contribution in [-0.4, -0.2) is 16.6 Å². The molecule has 0 saturated carbocycles. The molecule has 1 unspecified atom stereocenters. The maximum atomic E-state index is 5.76. The van der Waals surface area contributed by atoms with E-state index < -0.39 is 0 Å². The molecule has 2 heterocycles. The first-order chi connectivity index (χ1) is 9.73. The number of hydrogen-bond acceptors (Lipinski definition) is 6. The lowest BCUT2D eigenvalue weighted by molar-refractivity contribution is 0.0497. The van der Waals surface area contributed by atoms with Gasteiger partial charge in [0, 0.05) is 11.5 Å². The van der Waals surface area contributed by atoms with Crippen LogP contribution in [-0.2, 0) is 11.2 Å². The van der Waals surface area contributed by atoms with Gasteiger partial charge in [-0.15, -0.1) is 11.3 Å². The Bertz CT molecular complexity index is 564. The Hall–Kier alpha value is -1.24. The van der Waals surface area contributed by atoms with Crippen molar-refractivity contribution in [3.05, 3.63) is 16.8 Å². The summed E-state index contributed by atoms with van der Waals surface area (Å²) in [7, 11) is 0. The lowest BCUT2D eigenvalue weighted by atomic mass is 10.2. The highest BCUT2D eigenvalue weighted by molar-refractivity contribution is 7.18. The number of thiophene rings is 1. The quantitative estimate of drug-likeness (QED) is 0.604. The minimum Gasteiger partial charge on any atom is -0.371 e. The summed E-state index contributed by atoms with van der Waals surface area (Å²) in [4.78, 5) is 11.5. The average molecular weight is 294 g/mol. The highest BCUT2D eigenvalue weighted by Gasteiger charge is 2.18. The van der Waals surface area contributed by atoms with Gasteiger partial charge < -0.3 is 10.2 Å². The standard InChI is InChI=1S/C14H22N4OS/c1-4-7-11(19-6-3)13-16-12(18-15)10-8-9(5-2)20-14(10)17-13/h8,11H,4-7,15H2,1-3H3,(H,16,17,18). The number of nitrogens with zero attached hydrogens (tertiary/aromatic N) is 2. The van der Waals surface area contributed by atoms with Crippen molar-refractivity contribution in [2.45, 2.75) is 46.1 Å². The zero-order valence-corrected chi connectivity index (χ0v) is 13.1. The smallest absolute Gasteiger partial charge is 0.161 e. The Morgan fingerprint density at radius 1 is 1.35 bits per heavy atom. The van der Waals surface area contributed by atoms with Crippen molar-refractivity contribution < 1.29 is 4.74 Å². The Balaban J connectivity index is 2.47. The van der Waals surface area contributed by atoms with Crippen LogP contribution in [0.5, 0.6) is 0 Å². The molecule has 2 aromatic rings. The molecule has 1 atom stereocenters. The van der Waals surface area contributed by atoms with E-state index >= 15 is 0 Å². The lowest BCUT2D eigenvalue weighted by Crippen LogP contribution is -2.14. The van der Waals surface area contributed by atoms with E-state index in [1.165, 1.54) is 4.88 Å². The van der Waals surface area contributed by atoms with Gasteiger partial charge in [0.05, 0.1) is 5.39 Å². The normalized spacial score (nSPS) is 12.8. The van der Waals surface area contributed by atoms with E-state index in [0.29, 0.717) is 12.4 Å². The van der Waals surface area contributed by atoms with Crippen molar-refractivity contribution in [1.29, 1.82) is 0 Å². The molecule has 0 aromatic carbocycles. The molecule has 6 heteroatoms. The van der Waals surface area contributed by atoms with Gasteiger partial charge in [-0.05, 0) is 25.8 Å². The number of nitrogens with one attached hydrogen (secondary N) is 1. The number of anilines is 1. The number of nitrogen functional groups attached to an aromatic ring is 1. The Morgan fingerprint density at radius 3 is 2.75 bits per heavy atom. The second kappa shape index (κ2) is 6.97. The first-order valence-corrected chi connectivity index (χ1v) is 7.93. The molecular formula is C14H22N4OS. The molecule has 2 rings (SSSR count). The summed E-state index contributed by atoms with van der Waals surface area (Å²) >= 11 is 1.69. The number of rotatable bonds is 7. The van der Waals surface area contributed by atoms with Crippen LogP contribution in [0, 0.1) is 0 Å². The van der Waals surface area contributed by atoms with E-state index in [-0.39, 0.29) is 6.10 Å². The fourth-order valence-corrected chi connectivity index (χ4v) is 3.14. The molecule has 0 spiro atoms. The van der Waals surface area contributed by atoms with E-state index in [4.69, 9.17) is 10.6 Å². The minimum absolute atomic E-state index is 0.0614. The van der Waals surface area contributed by atoms with E-state index in [2.05, 4.69) is 35.3 Å². The number of nitrogens with two attached hydrogens (primary N) is 1. The molecular weight excluding hydrogens is 272 g/mol. The number of hydrogen-bond donors (Lipinski definition) is 2. The fourth-order valence-electron chi connectivity index (χ4n) is 2.17. The number of fused-ring (bicyclic) bond motifs is 1. The summed E-state index contributed by atoms with van der Waals surface area (Å²) in [5.74, 6) is 7.01. The summed E-state index contributed by atoms with van der Waals surface area (Å²) in [5.41, 5.74) is 2.69. The van der Waals surface area contributed by atoms with Crippen molar-refractivity contribution in [3.63, 3.8) is 0 Å². The highest BCUT2D eigenvalue weighted by Crippen LogP contribution is 2.31. The van der Waals surface area contributed by atoms with E-state index in [0.717, 1.165) is 35.3 Å². The third-order valence-corrected chi connectivity index (χ3v) is 4.33. The van der Waals surface area contributed by atoms with Crippen LogP contribution in [0.3, 0.4) is 0 Å². The molecule has 0 fully saturated rings. The maximum absolute atomic E-state index is 5.76. The SMILES string of the molecule is CCCC(OCC)c1nc(NN)c2cc(CC)sc2n1. The minimum atomic E-state index is -0.0614. The molecule has 0 aliphatic heterocycles. The Kier molecular flexibility index (Phi) is 5.28. The van der Waals surface area contributed by atoms with Gasteiger partial charge in [-0.1, -0.05) is 20.3 Å². The van der Waals surface area contributed by atoms with E-state index in [1.807, 2.05) is 6.92 Å². The molecule has 0 aliphatic carbocycles. The van der Waals surface area contributed by atoms with Gasteiger partial charge in [0.25, 0.3) is 0 Å². The van der Waals surface area contributed by atoms with E-state index in [9.17, 15) is 0 Å². The Morgan fingerprint density at radius 2 is 2.15 bits per heavy atom. The number of ether oxygens (including phenoxy) is 1. The third kappa shape index (κ3) is 3.08. The fraction of sp³-hybridized carbons (Fsp3) is 0.571. The summed E-state index contributed by atoms with van der Waals surface area (Å²) in [6.45, 7) is 6.91. The van der Waals surface area contributed by atoms with Crippen LogP contribution in [0.15, 0.2) is 6.07 Å². The van der Waals surface area contributed by atoms with E-state index in [1.54, 1.807) is 11.3 Å². The predicted molar refractivity (Wildman–Crippen MR) is 83.9 cm³/mol. The molecule has 0 bridgehead atoms. The highest BCUT2D eigenvalue weighted by atomic mass is 32.1. The molecule has 0 amide bonds. The third-order valence-electron chi connectivity index (χ3n) is 3.15. The summed E-state index contributed by atoms with van der Waals surface area (Å²) in [6, 6.07) is 2.11. The average Bonchev–Trinajstić information content (AvgIpc) is 2.89. The van der Waals surface area contributed by atoms with Gasteiger partial charge in [-0.3, -0.25) is 0 Å². The van der Waals surface area contributed by atoms with Crippen molar-refractivity contribution >= 4 is 27.4 Å². The van der Waals surface area contributed by atoms with Crippen LogP contribution >= 0.6 is 11.3 Å². The second-order valence-electron chi connectivity index (χ2n) is 4.59. The molecule has 5 nitrogen and oxygen atoms in total. The van der Waals surface area contributed by atoms with Crippen LogP contribution in [0.4, 0.5) is 5.82 Å². The summed E-state index contributed by atoms with van der Waals surface area (Å²) < 4.78 is 5.76. The van der Waals surface area contributed by atoms with Crippen LogP contribution in [0.1, 0.15) is 50.4 Å². The molecule has 0 saturated heterocycles. The zero-order chi connectivity index (χ0) is 14.5. The van der Waals surface area contributed by atoms with Gasteiger partial charge in [-0.2, -0.15) is 0 Å². The van der Waals surface area contributed by atoms with Gasteiger partial charge in [0.2, 0.25) is 0 Å². The molecule has 2 aromatic heterocycles. The van der Waals surface area contributed by atoms with Gasteiger partial charge >= 0.3 is 0 Å². The molecule has 110 valence electrons. The number of aromatic nitrogens is 2. The van der Waals surface area contributed by atoms with Crippen LogP contribution in [0.25, 0.3) is 10.2 Å². The van der Waals surface area contributed by atoms with Gasteiger partial charge in [0.15, 0.2) is 11.6 Å². The molecule has 20 heavy (non-hydrogen) atoms. The molecule has 0 aliphatic rings. The largest absolute Gasteiger partial charge is 0.371 e. The number of hydrazine groups is 1.